The van der Waals surface area contributed by atoms with Crippen LogP contribution in [0.15, 0.2) is 54.6 Å². The number of Topliss-reactive ketones (excluding diaryl/α,β-unsaturated/α-hetero) is 2. The number of rotatable bonds is 11. The number of H-pyrrole nitrogens is 1. The number of nitrogens with zero attached hydrogens (tertiary/aromatic N) is 1. The molecule has 1 saturated heterocycles. The lowest BCUT2D eigenvalue weighted by Crippen LogP contribution is -2.53. The van der Waals surface area contributed by atoms with Crippen LogP contribution >= 0.6 is 0 Å². The molecule has 3 fully saturated rings. The summed E-state index contributed by atoms with van der Waals surface area (Å²) >= 11 is 0. The standard InChI is InChI=1S/C36H43N3O6/c1-36(2)17-24(30(40)18-36)15-28(31(41)21-45-20-22-9-5-4-6-10-22)38-34(42)33-25-12-7-11-23(25)19-39(33)35(43)29-16-26-27(37-29)13-8-14-32(26)44-3/h4-6,8-10,13-14,16,23-25,28,33,37H,7,11-12,15,17-21H2,1-3H3,(H,38,42)/t23-,24-,25-,28-,33-/m0/s1. The average Bonchev–Trinajstić information content (AvgIpc) is 3.78. The van der Waals surface area contributed by atoms with Gasteiger partial charge in [-0.3, -0.25) is 19.2 Å². The summed E-state index contributed by atoms with van der Waals surface area (Å²) < 4.78 is 11.3. The summed E-state index contributed by atoms with van der Waals surface area (Å²) in [6, 6.07) is 15.4. The topological polar surface area (TPSA) is 118 Å². The molecule has 3 aliphatic rings. The predicted octanol–water partition coefficient (Wildman–Crippen LogP) is 5.08. The summed E-state index contributed by atoms with van der Waals surface area (Å²) in [6.07, 6.45) is 4.17. The third-order valence-corrected chi connectivity index (χ3v) is 9.98. The van der Waals surface area contributed by atoms with Crippen molar-refractivity contribution >= 4 is 34.3 Å². The Morgan fingerprint density at radius 2 is 1.89 bits per heavy atom. The van der Waals surface area contributed by atoms with Crippen LogP contribution in [0.5, 0.6) is 5.75 Å². The second kappa shape index (κ2) is 12.8. The molecule has 2 saturated carbocycles. The maximum absolute atomic E-state index is 14.2. The van der Waals surface area contributed by atoms with Crippen molar-refractivity contribution in [1.82, 2.24) is 15.2 Å². The summed E-state index contributed by atoms with van der Waals surface area (Å²) in [5.74, 6) is -0.129. The smallest absolute Gasteiger partial charge is 0.271 e. The van der Waals surface area contributed by atoms with Gasteiger partial charge in [-0.1, -0.05) is 56.7 Å². The van der Waals surface area contributed by atoms with Crippen LogP contribution in [-0.2, 0) is 25.7 Å². The number of carbonyl (C=O) groups excluding carboxylic acids is 4. The van der Waals surface area contributed by atoms with Gasteiger partial charge in [-0.25, -0.2) is 0 Å². The molecule has 6 rings (SSSR count). The molecule has 2 aromatic carbocycles. The van der Waals surface area contributed by atoms with Crippen LogP contribution in [0.4, 0.5) is 0 Å². The van der Waals surface area contributed by atoms with Crippen LogP contribution in [0, 0.1) is 23.2 Å². The highest BCUT2D eigenvalue weighted by atomic mass is 16.5. The van der Waals surface area contributed by atoms with Crippen molar-refractivity contribution in [1.29, 1.82) is 0 Å². The summed E-state index contributed by atoms with van der Waals surface area (Å²) in [5.41, 5.74) is 1.98. The minimum absolute atomic E-state index is 0.0185. The lowest BCUT2D eigenvalue weighted by molar-refractivity contribution is -0.134. The van der Waals surface area contributed by atoms with E-state index in [0.29, 0.717) is 30.8 Å². The normalized spacial score (nSPS) is 24.5. The van der Waals surface area contributed by atoms with Crippen molar-refractivity contribution in [3.8, 4) is 5.75 Å². The molecule has 0 spiro atoms. The summed E-state index contributed by atoms with van der Waals surface area (Å²) in [4.78, 5) is 59.6. The first-order valence-electron chi connectivity index (χ1n) is 16.1. The first kappa shape index (κ1) is 31.0. The largest absolute Gasteiger partial charge is 0.496 e. The second-order valence-corrected chi connectivity index (χ2v) is 13.8. The number of benzene rings is 2. The third kappa shape index (κ3) is 6.54. The van der Waals surface area contributed by atoms with Gasteiger partial charge >= 0.3 is 0 Å². The molecular weight excluding hydrogens is 570 g/mol. The van der Waals surface area contributed by atoms with Crippen LogP contribution < -0.4 is 10.1 Å². The maximum Gasteiger partial charge on any atom is 0.271 e. The Morgan fingerprint density at radius 1 is 1.09 bits per heavy atom. The van der Waals surface area contributed by atoms with Crippen molar-refractivity contribution in [2.45, 2.75) is 71.1 Å². The van der Waals surface area contributed by atoms with Gasteiger partial charge in [0, 0.05) is 29.8 Å². The zero-order chi connectivity index (χ0) is 31.7. The van der Waals surface area contributed by atoms with Crippen molar-refractivity contribution in [2.24, 2.45) is 23.2 Å². The third-order valence-electron chi connectivity index (χ3n) is 9.98. The fourth-order valence-corrected chi connectivity index (χ4v) is 7.87. The van der Waals surface area contributed by atoms with Gasteiger partial charge in [0.2, 0.25) is 5.91 Å². The zero-order valence-electron chi connectivity index (χ0n) is 26.3. The molecule has 2 amide bonds. The van der Waals surface area contributed by atoms with Gasteiger partial charge in [-0.15, -0.1) is 0 Å². The first-order chi connectivity index (χ1) is 21.6. The molecule has 45 heavy (non-hydrogen) atoms. The molecule has 9 nitrogen and oxygen atoms in total. The van der Waals surface area contributed by atoms with Gasteiger partial charge in [0.15, 0.2) is 5.78 Å². The fourth-order valence-electron chi connectivity index (χ4n) is 7.87. The molecule has 3 aromatic rings. The number of methoxy groups -OCH3 is 1. The Hall–Kier alpha value is -3.98. The number of aromatic nitrogens is 1. The number of aromatic amines is 1. The number of carbonyl (C=O) groups is 4. The minimum atomic E-state index is -0.883. The van der Waals surface area contributed by atoms with Crippen LogP contribution in [0.2, 0.25) is 0 Å². The molecule has 238 valence electrons. The summed E-state index contributed by atoms with van der Waals surface area (Å²) in [7, 11) is 1.59. The molecule has 5 atom stereocenters. The zero-order valence-corrected chi connectivity index (χ0v) is 26.3. The fraction of sp³-hybridized carbons (Fsp3) is 0.500. The lowest BCUT2D eigenvalue weighted by Gasteiger charge is -2.29. The molecule has 0 radical (unpaired) electrons. The van der Waals surface area contributed by atoms with E-state index in [0.717, 1.165) is 35.7 Å². The van der Waals surface area contributed by atoms with Gasteiger partial charge in [0.25, 0.3) is 5.91 Å². The molecule has 0 bridgehead atoms. The molecular formula is C36H43N3O6. The Balaban J connectivity index is 1.22. The lowest BCUT2D eigenvalue weighted by atomic mass is 9.88. The second-order valence-electron chi connectivity index (χ2n) is 13.8. The predicted molar refractivity (Wildman–Crippen MR) is 170 cm³/mol. The van der Waals surface area contributed by atoms with E-state index in [9.17, 15) is 19.2 Å². The number of fused-ring (bicyclic) bond motifs is 2. The Kier molecular flexibility index (Phi) is 8.82. The number of likely N-dealkylation sites (tertiary alicyclic amines) is 1. The van der Waals surface area contributed by atoms with Crippen LogP contribution in [0.3, 0.4) is 0 Å². The summed E-state index contributed by atoms with van der Waals surface area (Å²) in [6.45, 7) is 4.70. The van der Waals surface area contributed by atoms with Gasteiger partial charge in [0.1, 0.15) is 29.9 Å². The van der Waals surface area contributed by atoms with E-state index in [1.54, 1.807) is 18.1 Å². The highest BCUT2D eigenvalue weighted by molar-refractivity contribution is 6.02. The molecule has 0 unspecified atom stereocenters. The van der Waals surface area contributed by atoms with Gasteiger partial charge in [-0.05, 0) is 66.7 Å². The minimum Gasteiger partial charge on any atom is -0.496 e. The highest BCUT2D eigenvalue weighted by Gasteiger charge is 2.50. The van der Waals surface area contributed by atoms with Crippen LogP contribution in [0.25, 0.3) is 10.9 Å². The molecule has 1 aromatic heterocycles. The van der Waals surface area contributed by atoms with Crippen LogP contribution in [-0.4, -0.2) is 65.6 Å². The number of ketones is 2. The number of ether oxygens (including phenoxy) is 2. The van der Waals surface area contributed by atoms with E-state index >= 15 is 0 Å². The Bertz CT molecular complexity index is 1580. The van der Waals surface area contributed by atoms with Gasteiger partial charge in [-0.2, -0.15) is 0 Å². The Morgan fingerprint density at radius 3 is 2.62 bits per heavy atom. The van der Waals surface area contributed by atoms with E-state index in [1.165, 1.54) is 0 Å². The molecule has 2 aliphatic carbocycles. The van der Waals surface area contributed by atoms with E-state index in [1.807, 2.05) is 48.5 Å². The number of amides is 2. The highest BCUT2D eigenvalue weighted by Crippen LogP contribution is 2.44. The Labute approximate surface area is 264 Å². The van der Waals surface area contributed by atoms with E-state index in [-0.39, 0.29) is 66.2 Å². The SMILES string of the molecule is COc1cccc2[nH]c(C(=O)N3C[C@@H]4CCC[C@@H]4[C@H]3C(=O)N[C@@H](C[C@H]3CC(C)(C)CC3=O)C(=O)COCc3ccccc3)cc12. The maximum atomic E-state index is 14.2. The van der Waals surface area contributed by atoms with Crippen molar-refractivity contribution < 1.29 is 28.7 Å². The molecule has 9 heteroatoms. The van der Waals surface area contributed by atoms with Gasteiger partial charge in [0.05, 0.1) is 19.8 Å². The van der Waals surface area contributed by atoms with Gasteiger partial charge < -0.3 is 24.7 Å². The quantitative estimate of drug-likeness (QED) is 0.311. The van der Waals surface area contributed by atoms with Crippen molar-refractivity contribution in [3.05, 3.63) is 65.9 Å². The molecule has 2 heterocycles. The first-order valence-corrected chi connectivity index (χ1v) is 16.1. The van der Waals surface area contributed by atoms with Crippen LogP contribution in [0.1, 0.15) is 68.4 Å². The van der Waals surface area contributed by atoms with E-state index < -0.39 is 12.1 Å². The summed E-state index contributed by atoms with van der Waals surface area (Å²) in [5, 5.41) is 3.83. The van der Waals surface area contributed by atoms with E-state index in [2.05, 4.69) is 24.1 Å². The number of nitrogens with one attached hydrogen (secondary N) is 2. The van der Waals surface area contributed by atoms with E-state index in [4.69, 9.17) is 9.47 Å². The molecule has 1 aliphatic heterocycles. The average molecular weight is 614 g/mol. The number of hydrogen-bond acceptors (Lipinski definition) is 6. The van der Waals surface area contributed by atoms with Crippen molar-refractivity contribution in [3.63, 3.8) is 0 Å². The van der Waals surface area contributed by atoms with Crippen molar-refractivity contribution in [2.75, 3.05) is 20.3 Å². The monoisotopic (exact) mass is 613 g/mol. The number of hydrogen-bond donors (Lipinski definition) is 2. The molecule has 2 N–H and O–H groups in total.